The van der Waals surface area contributed by atoms with Crippen molar-refractivity contribution in [2.75, 3.05) is 52.9 Å². The number of carbonyl (C=O) groups is 2. The molecule has 2 aromatic carbocycles. The minimum absolute atomic E-state index is 0.113. The molecule has 2 saturated heterocycles. The number of hydrogen-bond acceptors (Lipinski definition) is 4. The number of piperidine rings is 1. The third-order valence-corrected chi connectivity index (χ3v) is 7.85. The van der Waals surface area contributed by atoms with Crippen molar-refractivity contribution in [3.8, 4) is 5.75 Å². The van der Waals surface area contributed by atoms with E-state index in [-0.39, 0.29) is 11.8 Å². The number of benzene rings is 2. The van der Waals surface area contributed by atoms with E-state index in [4.69, 9.17) is 39.5 Å². The highest BCUT2D eigenvalue weighted by atomic mass is 35.5. The average Bonchev–Trinajstić information content (AvgIpc) is 2.85. The summed E-state index contributed by atoms with van der Waals surface area (Å²) in [5, 5.41) is 1.39. The zero-order valence-corrected chi connectivity index (χ0v) is 22.1. The summed E-state index contributed by atoms with van der Waals surface area (Å²) in [6.45, 7) is 4.54. The summed E-state index contributed by atoms with van der Waals surface area (Å²) >= 11 is 18.2. The molecule has 188 valence electrons. The lowest BCUT2D eigenvalue weighted by atomic mass is 9.77. The summed E-state index contributed by atoms with van der Waals surface area (Å²) in [7, 11) is 2.07. The quantitative estimate of drug-likeness (QED) is 0.513. The van der Waals surface area contributed by atoms with E-state index >= 15 is 0 Å². The van der Waals surface area contributed by atoms with Crippen LogP contribution in [-0.2, 0) is 4.79 Å². The first-order chi connectivity index (χ1) is 16.7. The number of halogens is 3. The van der Waals surface area contributed by atoms with Crippen LogP contribution in [0.15, 0.2) is 42.5 Å². The van der Waals surface area contributed by atoms with Gasteiger partial charge in [0.1, 0.15) is 5.75 Å². The SMILES string of the molecule is CN1CCN(C(=O)C[C@@]2(COc3ccc(Cl)cc3)CCCN(C(=O)c3ccc(Cl)c(Cl)c3)C2)CC1. The van der Waals surface area contributed by atoms with Gasteiger partial charge in [-0.3, -0.25) is 9.59 Å². The standard InChI is InChI=1S/C26H30Cl3N3O3/c1-30-11-13-31(14-12-30)24(33)16-26(18-35-21-6-4-20(27)5-7-21)9-2-10-32(17-26)25(34)19-3-8-22(28)23(29)15-19/h3-8,15H,2,9-14,16-18H2,1H3/t26-/m0/s1. The molecule has 35 heavy (non-hydrogen) atoms. The topological polar surface area (TPSA) is 53.1 Å². The lowest BCUT2D eigenvalue weighted by Gasteiger charge is -2.43. The monoisotopic (exact) mass is 537 g/mol. The van der Waals surface area contributed by atoms with Crippen molar-refractivity contribution in [2.45, 2.75) is 19.3 Å². The highest BCUT2D eigenvalue weighted by Crippen LogP contribution is 2.36. The van der Waals surface area contributed by atoms with Crippen molar-refractivity contribution in [1.29, 1.82) is 0 Å². The average molecular weight is 539 g/mol. The van der Waals surface area contributed by atoms with Gasteiger partial charge < -0.3 is 19.4 Å². The molecule has 0 radical (unpaired) electrons. The van der Waals surface area contributed by atoms with E-state index in [1.54, 1.807) is 30.3 Å². The van der Waals surface area contributed by atoms with Gasteiger partial charge in [0.2, 0.25) is 5.91 Å². The maximum atomic E-state index is 13.4. The second-order valence-electron chi connectivity index (χ2n) is 9.56. The Labute approximate surface area is 221 Å². The number of likely N-dealkylation sites (tertiary alicyclic amines) is 1. The lowest BCUT2D eigenvalue weighted by molar-refractivity contribution is -0.137. The van der Waals surface area contributed by atoms with Gasteiger partial charge in [0.25, 0.3) is 5.91 Å². The summed E-state index contributed by atoms with van der Waals surface area (Å²) in [6, 6.07) is 12.1. The molecule has 2 aliphatic rings. The number of likely N-dealkylation sites (N-methyl/N-ethyl adjacent to an activating group) is 1. The van der Waals surface area contributed by atoms with E-state index in [0.29, 0.717) is 52.5 Å². The predicted octanol–water partition coefficient (Wildman–Crippen LogP) is 5.11. The predicted molar refractivity (Wildman–Crippen MR) is 140 cm³/mol. The molecule has 0 N–H and O–H groups in total. The van der Waals surface area contributed by atoms with Crippen LogP contribution in [0.5, 0.6) is 5.75 Å². The molecule has 0 aliphatic carbocycles. The second-order valence-corrected chi connectivity index (χ2v) is 10.8. The molecule has 0 unspecified atom stereocenters. The summed E-state index contributed by atoms with van der Waals surface area (Å²) in [6.07, 6.45) is 1.91. The van der Waals surface area contributed by atoms with E-state index in [0.717, 1.165) is 39.0 Å². The smallest absolute Gasteiger partial charge is 0.253 e. The Morgan fingerprint density at radius 2 is 1.63 bits per heavy atom. The Balaban J connectivity index is 1.53. The first kappa shape index (κ1) is 26.1. The van der Waals surface area contributed by atoms with Gasteiger partial charge in [-0.15, -0.1) is 0 Å². The fraction of sp³-hybridized carbons (Fsp3) is 0.462. The van der Waals surface area contributed by atoms with Crippen molar-refractivity contribution in [3.05, 3.63) is 63.1 Å². The molecule has 2 aromatic rings. The van der Waals surface area contributed by atoms with E-state index in [1.165, 1.54) is 0 Å². The van der Waals surface area contributed by atoms with Crippen molar-refractivity contribution in [2.24, 2.45) is 5.41 Å². The molecule has 0 saturated carbocycles. The Morgan fingerprint density at radius 1 is 0.914 bits per heavy atom. The zero-order chi connectivity index (χ0) is 25.0. The molecule has 2 heterocycles. The van der Waals surface area contributed by atoms with E-state index in [2.05, 4.69) is 11.9 Å². The van der Waals surface area contributed by atoms with E-state index in [1.807, 2.05) is 21.9 Å². The molecule has 9 heteroatoms. The third-order valence-electron chi connectivity index (χ3n) is 6.86. The summed E-state index contributed by atoms with van der Waals surface area (Å²) in [5.74, 6) is 0.682. The first-order valence-electron chi connectivity index (χ1n) is 11.8. The van der Waals surface area contributed by atoms with Crippen LogP contribution in [0.25, 0.3) is 0 Å². The van der Waals surface area contributed by atoms with Gasteiger partial charge in [0.15, 0.2) is 0 Å². The number of ether oxygens (including phenoxy) is 1. The molecule has 6 nitrogen and oxygen atoms in total. The molecule has 4 rings (SSSR count). The molecule has 2 amide bonds. The molecular weight excluding hydrogens is 509 g/mol. The maximum absolute atomic E-state index is 13.4. The fourth-order valence-corrected chi connectivity index (χ4v) is 5.19. The summed E-state index contributed by atoms with van der Waals surface area (Å²) in [4.78, 5) is 32.7. The molecule has 0 aromatic heterocycles. The number of carbonyl (C=O) groups excluding carboxylic acids is 2. The number of rotatable bonds is 6. The number of hydrogen-bond donors (Lipinski definition) is 0. The minimum atomic E-state index is -0.496. The summed E-state index contributed by atoms with van der Waals surface area (Å²) in [5.41, 5.74) is -0.0105. The highest BCUT2D eigenvalue weighted by molar-refractivity contribution is 6.42. The van der Waals surface area contributed by atoms with Crippen LogP contribution in [-0.4, -0.2) is 79.4 Å². The van der Waals surface area contributed by atoms with Gasteiger partial charge in [0.05, 0.1) is 16.7 Å². The maximum Gasteiger partial charge on any atom is 0.253 e. The van der Waals surface area contributed by atoms with E-state index in [9.17, 15) is 9.59 Å². The Bertz CT molecular complexity index is 1060. The van der Waals surface area contributed by atoms with Crippen molar-refractivity contribution >= 4 is 46.6 Å². The van der Waals surface area contributed by atoms with E-state index < -0.39 is 5.41 Å². The van der Waals surface area contributed by atoms with Crippen LogP contribution in [0.1, 0.15) is 29.6 Å². The van der Waals surface area contributed by atoms with Crippen LogP contribution in [0.4, 0.5) is 0 Å². The molecule has 0 bridgehead atoms. The van der Waals surface area contributed by atoms with Gasteiger partial charge in [-0.25, -0.2) is 0 Å². The van der Waals surface area contributed by atoms with Crippen LogP contribution in [0.2, 0.25) is 15.1 Å². The number of nitrogens with zero attached hydrogens (tertiary/aromatic N) is 3. The lowest BCUT2D eigenvalue weighted by Crippen LogP contribution is -2.53. The van der Waals surface area contributed by atoms with Crippen molar-refractivity contribution in [1.82, 2.24) is 14.7 Å². The molecule has 2 fully saturated rings. The van der Waals surface area contributed by atoms with Gasteiger partial charge >= 0.3 is 0 Å². The van der Waals surface area contributed by atoms with Gasteiger partial charge in [-0.1, -0.05) is 34.8 Å². The molecule has 2 aliphatic heterocycles. The van der Waals surface area contributed by atoms with Gasteiger partial charge in [0, 0.05) is 61.7 Å². The van der Waals surface area contributed by atoms with Crippen LogP contribution in [0, 0.1) is 5.41 Å². The minimum Gasteiger partial charge on any atom is -0.493 e. The molecular formula is C26H30Cl3N3O3. The van der Waals surface area contributed by atoms with Gasteiger partial charge in [-0.05, 0) is 62.4 Å². The highest BCUT2D eigenvalue weighted by Gasteiger charge is 2.41. The Morgan fingerprint density at radius 3 is 2.31 bits per heavy atom. The normalized spacial score (nSPS) is 21.1. The largest absolute Gasteiger partial charge is 0.493 e. The van der Waals surface area contributed by atoms with Gasteiger partial charge in [-0.2, -0.15) is 0 Å². The Hall–Kier alpha value is -1.99. The van der Waals surface area contributed by atoms with Crippen LogP contribution >= 0.6 is 34.8 Å². The fourth-order valence-electron chi connectivity index (χ4n) is 4.76. The molecule has 0 spiro atoms. The zero-order valence-electron chi connectivity index (χ0n) is 19.8. The van der Waals surface area contributed by atoms with Crippen LogP contribution in [0.3, 0.4) is 0 Å². The molecule has 1 atom stereocenters. The van der Waals surface area contributed by atoms with Crippen molar-refractivity contribution < 1.29 is 14.3 Å². The second kappa shape index (κ2) is 11.4. The Kier molecular flexibility index (Phi) is 8.48. The third kappa shape index (κ3) is 6.62. The first-order valence-corrected chi connectivity index (χ1v) is 13.0. The number of piperazine rings is 1. The van der Waals surface area contributed by atoms with Crippen LogP contribution < -0.4 is 4.74 Å². The number of amides is 2. The summed E-state index contributed by atoms with van der Waals surface area (Å²) < 4.78 is 6.16. The van der Waals surface area contributed by atoms with Crippen molar-refractivity contribution in [3.63, 3.8) is 0 Å².